The molecule has 0 saturated heterocycles. The number of carboxylic acid groups (broad SMARTS) is 1. The Morgan fingerprint density at radius 2 is 2.33 bits per heavy atom. The highest BCUT2D eigenvalue weighted by molar-refractivity contribution is 7.99. The van der Waals surface area contributed by atoms with Gasteiger partial charge in [-0.05, 0) is 6.92 Å². The maximum absolute atomic E-state index is 10.8. The van der Waals surface area contributed by atoms with Crippen molar-refractivity contribution < 1.29 is 14.7 Å². The molecule has 0 bridgehead atoms. The molecule has 1 rings (SSSR count). The summed E-state index contributed by atoms with van der Waals surface area (Å²) in [7, 11) is 0. The van der Waals surface area contributed by atoms with Gasteiger partial charge in [0.25, 0.3) is 0 Å². The first-order valence-corrected chi connectivity index (χ1v) is 5.14. The van der Waals surface area contributed by atoms with Gasteiger partial charge in [0.15, 0.2) is 5.16 Å². The van der Waals surface area contributed by atoms with Crippen LogP contribution in [0.4, 0.5) is 0 Å². The number of carbonyl (C=O) groups excluding carboxylic acids is 1. The average molecular weight is 229 g/mol. The van der Waals surface area contributed by atoms with E-state index in [0.29, 0.717) is 5.16 Å². The third kappa shape index (κ3) is 3.28. The fraction of sp³-hybridized carbons (Fsp3) is 0.375. The van der Waals surface area contributed by atoms with E-state index in [1.54, 1.807) is 17.7 Å². The predicted molar refractivity (Wildman–Crippen MR) is 54.5 cm³/mol. The number of aliphatic carboxylic acids is 1. The predicted octanol–water partition coefficient (Wildman–Crippen LogP) is -0.146. The Morgan fingerprint density at radius 3 is 2.87 bits per heavy atom. The Bertz CT molecular complexity index is 388. The number of imidazole rings is 1. The quantitative estimate of drug-likeness (QED) is 0.684. The zero-order chi connectivity index (χ0) is 11.4. The maximum Gasteiger partial charge on any atom is 0.313 e. The zero-order valence-corrected chi connectivity index (χ0v) is 8.95. The second-order valence-electron chi connectivity index (χ2n) is 2.92. The minimum atomic E-state index is -0.925. The average Bonchev–Trinajstić information content (AvgIpc) is 2.44. The molecule has 0 unspecified atom stereocenters. The number of nitrogens with zero attached hydrogens (tertiary/aromatic N) is 2. The lowest BCUT2D eigenvalue weighted by atomic mass is 10.5. The third-order valence-electron chi connectivity index (χ3n) is 1.66. The number of hydrogen-bond acceptors (Lipinski definition) is 4. The molecule has 0 atom stereocenters. The molecule has 1 aromatic heterocycles. The second kappa shape index (κ2) is 4.83. The summed E-state index contributed by atoms with van der Waals surface area (Å²) in [4.78, 5) is 25.1. The van der Waals surface area contributed by atoms with Crippen LogP contribution in [0.1, 0.15) is 5.69 Å². The van der Waals surface area contributed by atoms with Gasteiger partial charge in [-0.15, -0.1) is 0 Å². The smallest absolute Gasteiger partial charge is 0.313 e. The number of carboxylic acids is 1. The fourth-order valence-corrected chi connectivity index (χ4v) is 1.77. The van der Waals surface area contributed by atoms with E-state index in [-0.39, 0.29) is 12.3 Å². The largest absolute Gasteiger partial charge is 0.481 e. The molecule has 0 aliphatic carbocycles. The van der Waals surface area contributed by atoms with Crippen LogP contribution in [0.5, 0.6) is 0 Å². The number of thioether (sulfide) groups is 1. The van der Waals surface area contributed by atoms with Crippen LogP contribution in [0.3, 0.4) is 0 Å². The highest BCUT2D eigenvalue weighted by Gasteiger charge is 2.10. The summed E-state index contributed by atoms with van der Waals surface area (Å²) in [6, 6.07) is 0. The molecule has 1 heterocycles. The molecule has 0 fully saturated rings. The summed E-state index contributed by atoms with van der Waals surface area (Å²) in [5.41, 5.74) is 5.84. The Hall–Kier alpha value is -1.50. The first-order chi connectivity index (χ1) is 7.00. The van der Waals surface area contributed by atoms with E-state index in [9.17, 15) is 9.59 Å². The van der Waals surface area contributed by atoms with Crippen molar-refractivity contribution in [2.24, 2.45) is 5.73 Å². The van der Waals surface area contributed by atoms with Gasteiger partial charge in [-0.2, -0.15) is 0 Å². The van der Waals surface area contributed by atoms with Crippen LogP contribution in [0.25, 0.3) is 0 Å². The van der Waals surface area contributed by atoms with Crippen LogP contribution in [-0.2, 0) is 16.1 Å². The second-order valence-corrected chi connectivity index (χ2v) is 3.86. The molecule has 7 heteroatoms. The first-order valence-electron chi connectivity index (χ1n) is 4.15. The number of primary amides is 1. The van der Waals surface area contributed by atoms with Crippen LogP contribution in [-0.4, -0.2) is 32.3 Å². The first kappa shape index (κ1) is 11.6. The number of nitrogens with two attached hydrogens (primary N) is 1. The molecule has 0 saturated carbocycles. The summed E-state index contributed by atoms with van der Waals surface area (Å²) in [6.45, 7) is 1.80. The highest BCUT2D eigenvalue weighted by Crippen LogP contribution is 2.17. The lowest BCUT2D eigenvalue weighted by Gasteiger charge is -2.05. The van der Waals surface area contributed by atoms with Crippen LogP contribution in [0, 0.1) is 6.92 Å². The molecule has 1 aromatic rings. The number of aryl methyl sites for hydroxylation is 1. The van der Waals surface area contributed by atoms with Crippen molar-refractivity contribution in [2.75, 3.05) is 5.75 Å². The van der Waals surface area contributed by atoms with Crippen LogP contribution in [0.2, 0.25) is 0 Å². The SMILES string of the molecule is Cc1cnc(SCC(=O)O)n1CC(N)=O. The Kier molecular flexibility index (Phi) is 3.73. The van der Waals surface area contributed by atoms with Crippen LogP contribution >= 0.6 is 11.8 Å². The summed E-state index contributed by atoms with van der Waals surface area (Å²) in [5, 5.41) is 9.00. The van der Waals surface area contributed by atoms with Crippen molar-refractivity contribution in [3.05, 3.63) is 11.9 Å². The molecule has 3 N–H and O–H groups in total. The minimum Gasteiger partial charge on any atom is -0.481 e. The monoisotopic (exact) mass is 229 g/mol. The Balaban J connectivity index is 2.78. The van der Waals surface area contributed by atoms with E-state index >= 15 is 0 Å². The molecule has 0 radical (unpaired) electrons. The van der Waals surface area contributed by atoms with Gasteiger partial charge in [-0.25, -0.2) is 4.98 Å². The van der Waals surface area contributed by atoms with Crippen molar-refractivity contribution >= 4 is 23.6 Å². The van der Waals surface area contributed by atoms with E-state index < -0.39 is 11.9 Å². The van der Waals surface area contributed by atoms with E-state index in [1.807, 2.05) is 0 Å². The summed E-state index contributed by atoms with van der Waals surface area (Å²) in [6.07, 6.45) is 1.58. The van der Waals surface area contributed by atoms with Crippen LogP contribution < -0.4 is 5.73 Å². The van der Waals surface area contributed by atoms with Gasteiger partial charge < -0.3 is 15.4 Å². The normalized spacial score (nSPS) is 10.2. The van der Waals surface area contributed by atoms with Gasteiger partial charge in [0.2, 0.25) is 5.91 Å². The number of amides is 1. The zero-order valence-electron chi connectivity index (χ0n) is 8.14. The summed E-state index contributed by atoms with van der Waals surface area (Å²) < 4.78 is 1.59. The summed E-state index contributed by atoms with van der Waals surface area (Å²) >= 11 is 1.06. The fourth-order valence-electron chi connectivity index (χ4n) is 1.03. The maximum atomic E-state index is 10.8. The van der Waals surface area contributed by atoms with E-state index in [1.165, 1.54) is 0 Å². The van der Waals surface area contributed by atoms with Gasteiger partial charge in [0.05, 0.1) is 5.75 Å². The number of aromatic nitrogens is 2. The van der Waals surface area contributed by atoms with Gasteiger partial charge in [0.1, 0.15) is 6.54 Å². The molecule has 0 spiro atoms. The van der Waals surface area contributed by atoms with Gasteiger partial charge in [0, 0.05) is 11.9 Å². The highest BCUT2D eigenvalue weighted by atomic mass is 32.2. The lowest BCUT2D eigenvalue weighted by Crippen LogP contribution is -2.20. The minimum absolute atomic E-state index is 0.0216. The Labute approximate surface area is 90.5 Å². The molecule has 0 aromatic carbocycles. The molecule has 6 nitrogen and oxygen atoms in total. The topological polar surface area (TPSA) is 98.2 Å². The third-order valence-corrected chi connectivity index (χ3v) is 2.63. The molecule has 1 amide bonds. The standard InChI is InChI=1S/C8H11N3O3S/c1-5-2-10-8(15-4-7(13)14)11(5)3-6(9)12/h2H,3-4H2,1H3,(H2,9,12)(H,13,14). The number of carbonyl (C=O) groups is 2. The van der Waals surface area contributed by atoms with Gasteiger partial charge in [-0.1, -0.05) is 11.8 Å². The van der Waals surface area contributed by atoms with Crippen molar-refractivity contribution in [2.45, 2.75) is 18.6 Å². The number of hydrogen-bond donors (Lipinski definition) is 2. The molecule has 0 aliphatic rings. The van der Waals surface area contributed by atoms with E-state index in [4.69, 9.17) is 10.8 Å². The molecule has 15 heavy (non-hydrogen) atoms. The lowest BCUT2D eigenvalue weighted by molar-refractivity contribution is -0.133. The van der Waals surface area contributed by atoms with Crippen molar-refractivity contribution in [3.63, 3.8) is 0 Å². The molecular formula is C8H11N3O3S. The molecule has 82 valence electrons. The Morgan fingerprint density at radius 1 is 1.67 bits per heavy atom. The van der Waals surface area contributed by atoms with Crippen molar-refractivity contribution in [1.29, 1.82) is 0 Å². The van der Waals surface area contributed by atoms with E-state index in [2.05, 4.69) is 4.98 Å². The van der Waals surface area contributed by atoms with Gasteiger partial charge >= 0.3 is 5.97 Å². The summed E-state index contributed by atoms with van der Waals surface area (Å²) in [5.74, 6) is -1.49. The van der Waals surface area contributed by atoms with Gasteiger partial charge in [-0.3, -0.25) is 9.59 Å². The van der Waals surface area contributed by atoms with Crippen LogP contribution in [0.15, 0.2) is 11.4 Å². The molecular weight excluding hydrogens is 218 g/mol. The number of rotatable bonds is 5. The van der Waals surface area contributed by atoms with Crippen molar-refractivity contribution in [1.82, 2.24) is 9.55 Å². The van der Waals surface area contributed by atoms with Crippen molar-refractivity contribution in [3.8, 4) is 0 Å². The molecule has 0 aliphatic heterocycles. The van der Waals surface area contributed by atoms with E-state index in [0.717, 1.165) is 17.5 Å².